The molecule has 8 nitrogen and oxygen atoms in total. The molecule has 4 rings (SSSR count). The molecule has 1 aliphatic heterocycles. The van der Waals surface area contributed by atoms with Crippen molar-refractivity contribution in [2.75, 3.05) is 35.2 Å². The van der Waals surface area contributed by atoms with E-state index in [1.54, 1.807) is 20.1 Å². The van der Waals surface area contributed by atoms with Crippen LogP contribution in [0.3, 0.4) is 0 Å². The van der Waals surface area contributed by atoms with Gasteiger partial charge in [-0.1, -0.05) is 6.92 Å². The van der Waals surface area contributed by atoms with Crippen LogP contribution in [0.1, 0.15) is 31.1 Å². The van der Waals surface area contributed by atoms with E-state index in [0.717, 1.165) is 5.56 Å². The summed E-state index contributed by atoms with van der Waals surface area (Å²) in [6.45, 7) is 3.61. The Labute approximate surface area is 181 Å². The van der Waals surface area contributed by atoms with E-state index in [4.69, 9.17) is 28.4 Å². The Morgan fingerprint density at radius 3 is 2.23 bits per heavy atom. The normalized spacial score (nSPS) is 23.9. The van der Waals surface area contributed by atoms with E-state index in [1.165, 1.54) is 21.3 Å². The summed E-state index contributed by atoms with van der Waals surface area (Å²) in [7, 11) is 6.09. The molecule has 2 N–H and O–H groups in total. The van der Waals surface area contributed by atoms with Crippen molar-refractivity contribution < 1.29 is 38.6 Å². The molecule has 3 atom stereocenters. The third-order valence-electron chi connectivity index (χ3n) is 6.39. The highest BCUT2D eigenvalue weighted by Crippen LogP contribution is 2.58. The summed E-state index contributed by atoms with van der Waals surface area (Å²) in [4.78, 5) is 0. The van der Waals surface area contributed by atoms with Gasteiger partial charge in [-0.2, -0.15) is 0 Å². The molecule has 0 amide bonds. The molecule has 1 aliphatic carbocycles. The number of hydrogen-bond donors (Lipinski definition) is 2. The molecule has 0 unspecified atom stereocenters. The molecule has 0 bridgehead atoms. The van der Waals surface area contributed by atoms with Crippen LogP contribution in [-0.2, 0) is 6.42 Å². The zero-order valence-corrected chi connectivity index (χ0v) is 18.6. The molecule has 1 heterocycles. The second kappa shape index (κ2) is 7.69. The molecule has 8 heteroatoms. The lowest BCUT2D eigenvalue weighted by molar-refractivity contribution is -0.0989. The SMILES string of the molecule is COc1cc2c(c(OC)c1OC)-c1c(cc3c(c1OC)OCO3)C[C@H](C)[C@](C)(O)[C@H]2O. The maximum Gasteiger partial charge on any atom is 0.231 e. The Morgan fingerprint density at radius 1 is 0.935 bits per heavy atom. The largest absolute Gasteiger partial charge is 0.493 e. The van der Waals surface area contributed by atoms with E-state index < -0.39 is 11.7 Å². The van der Waals surface area contributed by atoms with Gasteiger partial charge in [0.2, 0.25) is 18.3 Å². The molecule has 0 spiro atoms. The highest BCUT2D eigenvalue weighted by molar-refractivity contribution is 5.89. The lowest BCUT2D eigenvalue weighted by Crippen LogP contribution is -2.41. The summed E-state index contributed by atoms with van der Waals surface area (Å²) in [6, 6.07) is 3.56. The molecular formula is C23H28O8. The van der Waals surface area contributed by atoms with Crippen molar-refractivity contribution in [2.45, 2.75) is 32.0 Å². The summed E-state index contributed by atoms with van der Waals surface area (Å²) in [5, 5.41) is 22.7. The van der Waals surface area contributed by atoms with Gasteiger partial charge in [-0.3, -0.25) is 0 Å². The molecule has 31 heavy (non-hydrogen) atoms. The van der Waals surface area contributed by atoms with Crippen molar-refractivity contribution >= 4 is 0 Å². The Kier molecular flexibility index (Phi) is 5.31. The monoisotopic (exact) mass is 432 g/mol. The van der Waals surface area contributed by atoms with Crippen LogP contribution in [0.15, 0.2) is 12.1 Å². The Balaban J connectivity index is 2.19. The third-order valence-corrected chi connectivity index (χ3v) is 6.39. The Morgan fingerprint density at radius 2 is 1.61 bits per heavy atom. The first-order valence-corrected chi connectivity index (χ1v) is 10.0. The number of aliphatic hydroxyl groups excluding tert-OH is 1. The van der Waals surface area contributed by atoms with Gasteiger partial charge >= 0.3 is 0 Å². The molecule has 0 aromatic heterocycles. The highest BCUT2D eigenvalue weighted by Gasteiger charge is 2.44. The van der Waals surface area contributed by atoms with Crippen molar-refractivity contribution in [1.29, 1.82) is 0 Å². The minimum Gasteiger partial charge on any atom is -0.493 e. The molecular weight excluding hydrogens is 404 g/mol. The first kappa shape index (κ1) is 21.4. The highest BCUT2D eigenvalue weighted by atomic mass is 16.7. The van der Waals surface area contributed by atoms with Crippen molar-refractivity contribution in [2.24, 2.45) is 5.92 Å². The predicted molar refractivity (Wildman–Crippen MR) is 113 cm³/mol. The van der Waals surface area contributed by atoms with Gasteiger partial charge in [0.25, 0.3) is 0 Å². The van der Waals surface area contributed by atoms with E-state index in [-0.39, 0.29) is 12.7 Å². The van der Waals surface area contributed by atoms with Crippen LogP contribution in [0.4, 0.5) is 0 Å². The second-order valence-corrected chi connectivity index (χ2v) is 8.02. The van der Waals surface area contributed by atoms with Crippen LogP contribution in [-0.4, -0.2) is 51.0 Å². The zero-order valence-electron chi connectivity index (χ0n) is 18.6. The van der Waals surface area contributed by atoms with E-state index >= 15 is 0 Å². The lowest BCUT2D eigenvalue weighted by Gasteiger charge is -2.39. The van der Waals surface area contributed by atoms with Gasteiger partial charge in [-0.25, -0.2) is 0 Å². The van der Waals surface area contributed by atoms with Crippen LogP contribution in [0.5, 0.6) is 34.5 Å². The van der Waals surface area contributed by atoms with Crippen molar-refractivity contribution in [3.63, 3.8) is 0 Å². The van der Waals surface area contributed by atoms with Gasteiger partial charge in [0.1, 0.15) is 6.10 Å². The number of rotatable bonds is 4. The fourth-order valence-corrected chi connectivity index (χ4v) is 4.46. The molecule has 168 valence electrons. The number of hydrogen-bond acceptors (Lipinski definition) is 8. The van der Waals surface area contributed by atoms with Crippen LogP contribution in [0.25, 0.3) is 11.1 Å². The Bertz CT molecular complexity index is 1010. The maximum absolute atomic E-state index is 11.4. The average molecular weight is 432 g/mol. The van der Waals surface area contributed by atoms with Gasteiger partial charge in [-0.15, -0.1) is 0 Å². The standard InChI is InChI=1S/C23H28O8/c1-11-7-12-8-15-19(31-10-30-15)20(28-5)16(12)17-13(22(24)23(11,2)25)9-14(26-3)18(27-4)21(17)29-6/h8-9,11,22,24-25H,7,10H2,1-6H3/t11-,22-,23-/m0/s1. The van der Waals surface area contributed by atoms with Crippen LogP contribution in [0.2, 0.25) is 0 Å². The van der Waals surface area contributed by atoms with Crippen LogP contribution >= 0.6 is 0 Å². The van der Waals surface area contributed by atoms with E-state index in [0.29, 0.717) is 57.6 Å². The molecule has 0 fully saturated rings. The van der Waals surface area contributed by atoms with E-state index in [9.17, 15) is 10.2 Å². The third kappa shape index (κ3) is 3.04. The molecule has 0 saturated carbocycles. The molecule has 0 saturated heterocycles. The summed E-state index contributed by atoms with van der Waals surface area (Å²) in [6.07, 6.45) is -0.766. The number of fused-ring (bicyclic) bond motifs is 4. The van der Waals surface area contributed by atoms with Crippen molar-refractivity contribution in [1.82, 2.24) is 0 Å². The molecule has 2 aromatic rings. The zero-order chi connectivity index (χ0) is 22.5. The Hall–Kier alpha value is -2.84. The van der Waals surface area contributed by atoms with Crippen LogP contribution < -0.4 is 28.4 Å². The quantitative estimate of drug-likeness (QED) is 0.761. The number of methoxy groups -OCH3 is 4. The van der Waals surface area contributed by atoms with Gasteiger partial charge < -0.3 is 38.6 Å². The topological polar surface area (TPSA) is 95.8 Å². The van der Waals surface area contributed by atoms with Crippen molar-refractivity contribution in [3.8, 4) is 45.6 Å². The van der Waals surface area contributed by atoms with Gasteiger partial charge in [0, 0.05) is 11.1 Å². The second-order valence-electron chi connectivity index (χ2n) is 8.02. The minimum absolute atomic E-state index is 0.0837. The summed E-state index contributed by atoms with van der Waals surface area (Å²) in [5.41, 5.74) is 1.11. The average Bonchev–Trinajstić information content (AvgIpc) is 3.23. The summed E-state index contributed by atoms with van der Waals surface area (Å²) in [5.74, 6) is 2.34. The fraction of sp³-hybridized carbons (Fsp3) is 0.478. The van der Waals surface area contributed by atoms with Gasteiger partial charge in [-0.05, 0) is 42.5 Å². The first-order chi connectivity index (χ1) is 14.8. The van der Waals surface area contributed by atoms with Gasteiger partial charge in [0.15, 0.2) is 23.0 Å². The van der Waals surface area contributed by atoms with E-state index in [1.807, 2.05) is 13.0 Å². The number of ether oxygens (including phenoxy) is 6. The lowest BCUT2D eigenvalue weighted by atomic mass is 9.73. The summed E-state index contributed by atoms with van der Waals surface area (Å²) < 4.78 is 34.0. The molecule has 0 radical (unpaired) electrons. The van der Waals surface area contributed by atoms with Crippen molar-refractivity contribution in [3.05, 3.63) is 23.3 Å². The molecule has 2 aliphatic rings. The van der Waals surface area contributed by atoms with E-state index in [2.05, 4.69) is 0 Å². The van der Waals surface area contributed by atoms with Gasteiger partial charge in [0.05, 0.1) is 34.0 Å². The number of benzene rings is 2. The minimum atomic E-state index is -1.43. The maximum atomic E-state index is 11.4. The number of aliphatic hydroxyl groups is 2. The molecule has 2 aromatic carbocycles. The predicted octanol–water partition coefficient (Wildman–Crippen LogP) is 3.09. The fourth-order valence-electron chi connectivity index (χ4n) is 4.46. The first-order valence-electron chi connectivity index (χ1n) is 10.0. The smallest absolute Gasteiger partial charge is 0.231 e. The summed E-state index contributed by atoms with van der Waals surface area (Å²) >= 11 is 0. The van der Waals surface area contributed by atoms with Crippen LogP contribution in [0, 0.1) is 5.92 Å².